The zero-order chi connectivity index (χ0) is 14.1. The summed E-state index contributed by atoms with van der Waals surface area (Å²) < 4.78 is 61.4. The Morgan fingerprint density at radius 2 is 1.83 bits per heavy atom. The number of alkyl halides is 5. The molecule has 1 aromatic heterocycles. The Bertz CT molecular complexity index is 475. The van der Waals surface area contributed by atoms with Gasteiger partial charge in [-0.2, -0.15) is 22.0 Å². The van der Waals surface area contributed by atoms with Gasteiger partial charge < -0.3 is 5.32 Å². The van der Waals surface area contributed by atoms with Gasteiger partial charge in [-0.25, -0.2) is 4.98 Å². The van der Waals surface area contributed by atoms with Crippen molar-refractivity contribution in [3.8, 4) is 0 Å². The fourth-order valence-corrected chi connectivity index (χ4v) is 1.39. The van der Waals surface area contributed by atoms with Crippen molar-refractivity contribution in [2.24, 2.45) is 0 Å². The van der Waals surface area contributed by atoms with Gasteiger partial charge >= 0.3 is 18.0 Å². The third-order valence-electron chi connectivity index (χ3n) is 1.94. The number of halogens is 6. The maximum atomic E-state index is 12.7. The summed E-state index contributed by atoms with van der Waals surface area (Å²) in [6, 6.07) is 2.46. The molecule has 0 saturated carbocycles. The van der Waals surface area contributed by atoms with Crippen molar-refractivity contribution < 1.29 is 26.7 Å². The van der Waals surface area contributed by atoms with Gasteiger partial charge in [0, 0.05) is 0 Å². The van der Waals surface area contributed by atoms with Crippen LogP contribution in [0, 0.1) is 6.92 Å². The summed E-state index contributed by atoms with van der Waals surface area (Å²) in [4.78, 5) is 14.6. The molecule has 1 aromatic rings. The first-order valence-corrected chi connectivity index (χ1v) is 5.24. The van der Waals surface area contributed by atoms with E-state index in [1.165, 1.54) is 18.3 Å². The Kier molecular flexibility index (Phi) is 3.94. The van der Waals surface area contributed by atoms with E-state index in [0.717, 1.165) is 6.07 Å². The highest BCUT2D eigenvalue weighted by atomic mass is 79.9. The lowest BCUT2D eigenvalue weighted by atomic mass is 10.2. The molecule has 0 aliphatic carbocycles. The van der Waals surface area contributed by atoms with Crippen LogP contribution in [0.15, 0.2) is 16.7 Å². The summed E-state index contributed by atoms with van der Waals surface area (Å²) in [5, 5.41) is 1.49. The predicted octanol–water partition coefficient (Wildman–Crippen LogP) is 3.29. The van der Waals surface area contributed by atoms with E-state index >= 15 is 0 Å². The number of carbonyl (C=O) groups excluding carboxylic acids is 1. The molecule has 18 heavy (non-hydrogen) atoms. The van der Waals surface area contributed by atoms with Crippen LogP contribution >= 0.6 is 15.9 Å². The summed E-state index contributed by atoms with van der Waals surface area (Å²) in [6.07, 6.45) is -5.94. The molecule has 1 N–H and O–H groups in total. The molecule has 3 nitrogen and oxygen atoms in total. The Hall–Kier alpha value is -1.25. The SMILES string of the molecule is Cc1nc(Br)ccc1NC(=O)C(F)(F)C(F)(F)F. The van der Waals surface area contributed by atoms with Crippen LogP contribution in [-0.4, -0.2) is 23.0 Å². The number of aromatic nitrogens is 1. The lowest BCUT2D eigenvalue weighted by Crippen LogP contribution is -2.47. The second kappa shape index (κ2) is 4.79. The molecule has 0 aliphatic rings. The summed E-state index contributed by atoms with van der Waals surface area (Å²) in [6.45, 7) is 1.35. The molecule has 0 fully saturated rings. The molecule has 0 unspecified atom stereocenters. The molecule has 0 saturated heterocycles. The smallest absolute Gasteiger partial charge is 0.319 e. The molecule has 0 atom stereocenters. The van der Waals surface area contributed by atoms with Gasteiger partial charge in [-0.3, -0.25) is 4.79 Å². The minimum absolute atomic E-state index is 0.107. The van der Waals surface area contributed by atoms with E-state index in [9.17, 15) is 26.7 Å². The number of pyridine rings is 1. The van der Waals surface area contributed by atoms with Crippen molar-refractivity contribution in [2.45, 2.75) is 19.0 Å². The van der Waals surface area contributed by atoms with Gasteiger partial charge in [-0.05, 0) is 35.0 Å². The molecular weight excluding hydrogens is 327 g/mol. The fourth-order valence-electron chi connectivity index (χ4n) is 0.992. The van der Waals surface area contributed by atoms with Gasteiger partial charge in [-0.1, -0.05) is 0 Å². The van der Waals surface area contributed by atoms with Crippen molar-refractivity contribution in [3.63, 3.8) is 0 Å². The molecule has 0 aliphatic heterocycles. The van der Waals surface area contributed by atoms with Crippen LogP contribution in [0.25, 0.3) is 0 Å². The number of anilines is 1. The Labute approximate surface area is 107 Å². The monoisotopic (exact) mass is 332 g/mol. The highest BCUT2D eigenvalue weighted by Gasteiger charge is 2.63. The predicted molar refractivity (Wildman–Crippen MR) is 56.3 cm³/mol. The van der Waals surface area contributed by atoms with E-state index in [4.69, 9.17) is 0 Å². The van der Waals surface area contributed by atoms with E-state index in [-0.39, 0.29) is 11.4 Å². The average Bonchev–Trinajstić information content (AvgIpc) is 2.20. The maximum Gasteiger partial charge on any atom is 0.463 e. The van der Waals surface area contributed by atoms with Gasteiger partial charge in [0.1, 0.15) is 4.60 Å². The van der Waals surface area contributed by atoms with Crippen molar-refractivity contribution >= 4 is 27.5 Å². The van der Waals surface area contributed by atoms with E-state index in [2.05, 4.69) is 20.9 Å². The Morgan fingerprint density at radius 3 is 2.28 bits per heavy atom. The van der Waals surface area contributed by atoms with Crippen LogP contribution in [0.5, 0.6) is 0 Å². The lowest BCUT2D eigenvalue weighted by Gasteiger charge is -2.19. The van der Waals surface area contributed by atoms with Crippen LogP contribution < -0.4 is 5.32 Å². The van der Waals surface area contributed by atoms with Gasteiger partial charge in [0.25, 0.3) is 0 Å². The van der Waals surface area contributed by atoms with Crippen LogP contribution in [0.2, 0.25) is 0 Å². The topological polar surface area (TPSA) is 42.0 Å². The molecule has 9 heteroatoms. The number of amides is 1. The largest absolute Gasteiger partial charge is 0.463 e. The third kappa shape index (κ3) is 2.95. The Balaban J connectivity index is 2.95. The second-order valence-electron chi connectivity index (χ2n) is 3.29. The van der Waals surface area contributed by atoms with Crippen LogP contribution in [0.4, 0.5) is 27.6 Å². The van der Waals surface area contributed by atoms with Crippen molar-refractivity contribution in [2.75, 3.05) is 5.32 Å². The lowest BCUT2D eigenvalue weighted by molar-refractivity contribution is -0.267. The standard InChI is InChI=1S/C9H6BrF5N2O/c1-4-5(2-3-6(10)16-4)17-7(18)8(11,12)9(13,14)15/h2-3H,1H3,(H,17,18). The Morgan fingerprint density at radius 1 is 1.28 bits per heavy atom. The van der Waals surface area contributed by atoms with Crippen LogP contribution in [-0.2, 0) is 4.79 Å². The minimum atomic E-state index is -5.94. The number of rotatable bonds is 2. The summed E-state index contributed by atoms with van der Waals surface area (Å²) in [7, 11) is 0. The zero-order valence-corrected chi connectivity index (χ0v) is 10.4. The molecule has 1 heterocycles. The highest BCUT2D eigenvalue weighted by Crippen LogP contribution is 2.36. The summed E-state index contributed by atoms with van der Waals surface area (Å²) in [5.41, 5.74) is -0.108. The highest BCUT2D eigenvalue weighted by molar-refractivity contribution is 9.10. The third-order valence-corrected chi connectivity index (χ3v) is 2.38. The van der Waals surface area contributed by atoms with E-state index < -0.39 is 18.0 Å². The summed E-state index contributed by atoms with van der Waals surface area (Å²) >= 11 is 2.98. The molecule has 0 radical (unpaired) electrons. The summed E-state index contributed by atoms with van der Waals surface area (Å²) in [5.74, 6) is -7.89. The maximum absolute atomic E-state index is 12.7. The van der Waals surface area contributed by atoms with Gasteiger partial charge in [0.15, 0.2) is 0 Å². The van der Waals surface area contributed by atoms with Crippen molar-refractivity contribution in [1.29, 1.82) is 0 Å². The first-order chi connectivity index (χ1) is 8.05. The average molecular weight is 333 g/mol. The van der Waals surface area contributed by atoms with Crippen molar-refractivity contribution in [1.82, 2.24) is 4.98 Å². The van der Waals surface area contributed by atoms with E-state index in [0.29, 0.717) is 4.60 Å². The number of nitrogens with zero attached hydrogens (tertiary/aromatic N) is 1. The van der Waals surface area contributed by atoms with Crippen molar-refractivity contribution in [3.05, 3.63) is 22.4 Å². The number of hydrogen-bond donors (Lipinski definition) is 1. The molecule has 1 amide bonds. The number of carbonyl (C=O) groups is 1. The van der Waals surface area contributed by atoms with Gasteiger partial charge in [0.2, 0.25) is 0 Å². The normalized spacial score (nSPS) is 12.4. The molecular formula is C9H6BrF5N2O. The van der Waals surface area contributed by atoms with Crippen LogP contribution in [0.3, 0.4) is 0 Å². The number of aryl methyl sites for hydroxylation is 1. The molecule has 0 spiro atoms. The quantitative estimate of drug-likeness (QED) is 0.667. The fraction of sp³-hybridized carbons (Fsp3) is 0.333. The van der Waals surface area contributed by atoms with Gasteiger partial charge in [0.05, 0.1) is 11.4 Å². The van der Waals surface area contributed by atoms with Gasteiger partial charge in [-0.15, -0.1) is 0 Å². The first-order valence-electron chi connectivity index (χ1n) is 4.45. The number of nitrogens with one attached hydrogen (secondary N) is 1. The second-order valence-corrected chi connectivity index (χ2v) is 4.11. The zero-order valence-electron chi connectivity index (χ0n) is 8.78. The molecule has 0 bridgehead atoms. The van der Waals surface area contributed by atoms with Crippen LogP contribution in [0.1, 0.15) is 5.69 Å². The molecule has 0 aromatic carbocycles. The first kappa shape index (κ1) is 14.8. The minimum Gasteiger partial charge on any atom is -0.319 e. The van der Waals surface area contributed by atoms with E-state index in [1.54, 1.807) is 0 Å². The molecule has 100 valence electrons. The molecule has 1 rings (SSSR count). The number of hydrogen-bond acceptors (Lipinski definition) is 2. The van der Waals surface area contributed by atoms with E-state index in [1.807, 2.05) is 0 Å².